The van der Waals surface area contributed by atoms with Gasteiger partial charge in [-0.15, -0.1) is 0 Å². The Balaban J connectivity index is 1.90. The summed E-state index contributed by atoms with van der Waals surface area (Å²) in [6.07, 6.45) is -3.36. The normalized spacial score (nSPS) is 11.3. The number of alkyl halides is 3. The van der Waals surface area contributed by atoms with E-state index in [4.69, 9.17) is 28.9 Å². The first kappa shape index (κ1) is 19.1. The number of rotatable bonds is 4. The molecule has 27 heavy (non-hydrogen) atoms. The molecule has 0 atom stereocenters. The third kappa shape index (κ3) is 4.35. The number of anilines is 5. The van der Waals surface area contributed by atoms with Crippen LogP contribution in [0.4, 0.5) is 41.9 Å². The largest absolute Gasteiger partial charge is 0.417 e. The number of nitrogens with zero attached hydrogens (tertiary/aromatic N) is 2. The summed E-state index contributed by atoms with van der Waals surface area (Å²) in [4.78, 5) is 8.02. The molecular weight excluding hydrogens is 402 g/mol. The molecule has 4 N–H and O–H groups in total. The molecule has 0 aliphatic heterocycles. The Bertz CT molecular complexity index is 979. The number of benzene rings is 2. The lowest BCUT2D eigenvalue weighted by atomic mass is 10.2. The van der Waals surface area contributed by atoms with Crippen molar-refractivity contribution in [2.75, 3.05) is 16.4 Å². The monoisotopic (exact) mass is 413 g/mol. The van der Waals surface area contributed by atoms with Crippen molar-refractivity contribution in [1.82, 2.24) is 9.97 Å². The van der Waals surface area contributed by atoms with Gasteiger partial charge in [-0.05, 0) is 30.3 Å². The van der Waals surface area contributed by atoms with Crippen molar-refractivity contribution in [2.45, 2.75) is 6.18 Å². The zero-order valence-electron chi connectivity index (χ0n) is 13.5. The number of halogens is 5. The molecule has 5 nitrogen and oxygen atoms in total. The van der Waals surface area contributed by atoms with E-state index in [-0.39, 0.29) is 23.0 Å². The lowest BCUT2D eigenvalue weighted by Crippen LogP contribution is -2.08. The second-order valence-corrected chi connectivity index (χ2v) is 6.22. The minimum Gasteiger partial charge on any atom is -0.393 e. The van der Waals surface area contributed by atoms with E-state index >= 15 is 0 Å². The Morgan fingerprint density at radius 1 is 0.889 bits per heavy atom. The Kier molecular flexibility index (Phi) is 5.29. The second kappa shape index (κ2) is 7.50. The minimum absolute atomic E-state index is 0.112. The summed E-state index contributed by atoms with van der Waals surface area (Å²) in [7, 11) is 0. The smallest absolute Gasteiger partial charge is 0.393 e. The van der Waals surface area contributed by atoms with E-state index in [9.17, 15) is 13.2 Å². The van der Waals surface area contributed by atoms with Crippen LogP contribution in [0.15, 0.2) is 48.8 Å². The zero-order chi connectivity index (χ0) is 19.6. The molecule has 140 valence electrons. The van der Waals surface area contributed by atoms with Crippen molar-refractivity contribution in [1.29, 1.82) is 0 Å². The highest BCUT2D eigenvalue weighted by Gasteiger charge is 2.33. The summed E-state index contributed by atoms with van der Waals surface area (Å²) in [5.74, 6) is 0.389. The van der Waals surface area contributed by atoms with Crippen LogP contribution in [-0.2, 0) is 6.18 Å². The number of hydrogen-bond donors (Lipinski definition) is 3. The fourth-order valence-electron chi connectivity index (χ4n) is 2.24. The third-order valence-electron chi connectivity index (χ3n) is 3.55. The number of nitrogen functional groups attached to an aromatic ring is 1. The third-order valence-corrected chi connectivity index (χ3v) is 4.20. The molecule has 1 aromatic heterocycles. The first-order valence-corrected chi connectivity index (χ1v) is 8.27. The molecule has 0 spiro atoms. The van der Waals surface area contributed by atoms with Crippen LogP contribution in [0.5, 0.6) is 0 Å². The van der Waals surface area contributed by atoms with Crippen molar-refractivity contribution in [3.8, 4) is 0 Å². The van der Waals surface area contributed by atoms with Crippen molar-refractivity contribution >= 4 is 51.9 Å². The van der Waals surface area contributed by atoms with Gasteiger partial charge in [0.15, 0.2) is 11.6 Å². The molecule has 0 radical (unpaired) electrons. The van der Waals surface area contributed by atoms with Gasteiger partial charge in [-0.1, -0.05) is 35.3 Å². The molecule has 3 aromatic rings. The van der Waals surface area contributed by atoms with Crippen LogP contribution in [-0.4, -0.2) is 9.97 Å². The average molecular weight is 414 g/mol. The fourth-order valence-corrected chi connectivity index (χ4v) is 2.65. The van der Waals surface area contributed by atoms with Gasteiger partial charge in [0.2, 0.25) is 0 Å². The van der Waals surface area contributed by atoms with E-state index in [1.54, 1.807) is 24.3 Å². The van der Waals surface area contributed by atoms with E-state index in [2.05, 4.69) is 20.6 Å². The van der Waals surface area contributed by atoms with Crippen LogP contribution in [0.2, 0.25) is 10.0 Å². The minimum atomic E-state index is -4.58. The molecule has 0 aliphatic carbocycles. The molecule has 0 saturated carbocycles. The molecule has 10 heteroatoms. The SMILES string of the molecule is Nc1c(Nc2ccc(Cl)c(C(F)(F)F)c2)ncnc1Nc1ccccc1Cl. The molecule has 2 aromatic carbocycles. The maximum Gasteiger partial charge on any atom is 0.417 e. The summed E-state index contributed by atoms with van der Waals surface area (Å²) in [6.45, 7) is 0. The number of aromatic nitrogens is 2. The van der Waals surface area contributed by atoms with Gasteiger partial charge in [-0.2, -0.15) is 13.2 Å². The molecule has 0 amide bonds. The summed E-state index contributed by atoms with van der Waals surface area (Å²) in [5, 5.41) is 5.76. The molecule has 1 heterocycles. The number of hydrogen-bond acceptors (Lipinski definition) is 5. The van der Waals surface area contributed by atoms with Crippen LogP contribution in [0.1, 0.15) is 5.56 Å². The summed E-state index contributed by atoms with van der Waals surface area (Å²) >= 11 is 11.7. The van der Waals surface area contributed by atoms with Gasteiger partial charge in [0.25, 0.3) is 0 Å². The van der Waals surface area contributed by atoms with Crippen molar-refractivity contribution in [2.24, 2.45) is 0 Å². The highest BCUT2D eigenvalue weighted by Crippen LogP contribution is 2.37. The number of para-hydroxylation sites is 1. The van der Waals surface area contributed by atoms with Crippen LogP contribution >= 0.6 is 23.2 Å². The summed E-state index contributed by atoms with van der Waals surface area (Å²) in [5.41, 5.74) is 5.89. The van der Waals surface area contributed by atoms with E-state index in [0.29, 0.717) is 10.7 Å². The maximum atomic E-state index is 13.0. The molecule has 0 unspecified atom stereocenters. The number of nitrogens with one attached hydrogen (secondary N) is 2. The molecule has 0 bridgehead atoms. The second-order valence-electron chi connectivity index (χ2n) is 5.41. The first-order chi connectivity index (χ1) is 12.8. The standard InChI is InChI=1S/C17H12Cl2F3N5/c18-11-6-5-9(7-10(11)17(20,21)22)26-15-14(23)16(25-8-24-15)27-13-4-2-1-3-12(13)19/h1-8H,23H2,(H2,24,25,26,27). The van der Waals surface area contributed by atoms with E-state index in [1.807, 2.05) is 0 Å². The maximum absolute atomic E-state index is 13.0. The lowest BCUT2D eigenvalue weighted by Gasteiger charge is -2.15. The van der Waals surface area contributed by atoms with Crippen LogP contribution in [0, 0.1) is 0 Å². The van der Waals surface area contributed by atoms with Gasteiger partial charge in [-0.3, -0.25) is 0 Å². The molecule has 3 rings (SSSR count). The van der Waals surface area contributed by atoms with Crippen molar-refractivity contribution in [3.63, 3.8) is 0 Å². The van der Waals surface area contributed by atoms with Gasteiger partial charge in [0, 0.05) is 5.69 Å². The molecule has 0 aliphatic rings. The van der Waals surface area contributed by atoms with Crippen LogP contribution < -0.4 is 16.4 Å². The fraction of sp³-hybridized carbons (Fsp3) is 0.0588. The van der Waals surface area contributed by atoms with E-state index in [1.165, 1.54) is 12.4 Å². The zero-order valence-corrected chi connectivity index (χ0v) is 15.0. The van der Waals surface area contributed by atoms with Crippen LogP contribution in [0.3, 0.4) is 0 Å². The Morgan fingerprint density at radius 3 is 2.22 bits per heavy atom. The van der Waals surface area contributed by atoms with Gasteiger partial charge in [-0.25, -0.2) is 9.97 Å². The highest BCUT2D eigenvalue weighted by molar-refractivity contribution is 6.33. The Hall–Kier alpha value is -2.71. The first-order valence-electron chi connectivity index (χ1n) is 7.51. The highest BCUT2D eigenvalue weighted by atomic mass is 35.5. The van der Waals surface area contributed by atoms with Gasteiger partial charge in [0.05, 0.1) is 21.3 Å². The lowest BCUT2D eigenvalue weighted by molar-refractivity contribution is -0.137. The predicted octanol–water partition coefficient (Wildman–Crippen LogP) is 5.87. The van der Waals surface area contributed by atoms with Gasteiger partial charge < -0.3 is 16.4 Å². The van der Waals surface area contributed by atoms with E-state index in [0.717, 1.165) is 12.1 Å². The van der Waals surface area contributed by atoms with Gasteiger partial charge in [0.1, 0.15) is 12.0 Å². The van der Waals surface area contributed by atoms with Crippen LogP contribution in [0.25, 0.3) is 0 Å². The molecule has 0 saturated heterocycles. The Morgan fingerprint density at radius 2 is 1.56 bits per heavy atom. The average Bonchev–Trinajstić information content (AvgIpc) is 2.61. The molecule has 0 fully saturated rings. The van der Waals surface area contributed by atoms with Crippen molar-refractivity contribution < 1.29 is 13.2 Å². The predicted molar refractivity (Wildman–Crippen MR) is 101 cm³/mol. The van der Waals surface area contributed by atoms with Crippen molar-refractivity contribution in [3.05, 3.63) is 64.4 Å². The summed E-state index contributed by atoms with van der Waals surface area (Å²) in [6, 6.07) is 10.4. The quantitative estimate of drug-likeness (QED) is 0.498. The number of nitrogens with two attached hydrogens (primary N) is 1. The Labute approximate surface area is 162 Å². The summed E-state index contributed by atoms with van der Waals surface area (Å²) < 4.78 is 39.0. The molecular formula is C17H12Cl2F3N5. The van der Waals surface area contributed by atoms with Gasteiger partial charge >= 0.3 is 6.18 Å². The topological polar surface area (TPSA) is 75.9 Å². The van der Waals surface area contributed by atoms with E-state index < -0.39 is 16.8 Å².